The van der Waals surface area contributed by atoms with Crippen LogP contribution in [-0.2, 0) is 42.9 Å². The van der Waals surface area contributed by atoms with E-state index in [2.05, 4.69) is 136 Å². The van der Waals surface area contributed by atoms with Crippen LogP contribution in [0.4, 0.5) is 0 Å². The van der Waals surface area contributed by atoms with Crippen LogP contribution < -0.4 is 0 Å². The van der Waals surface area contributed by atoms with E-state index in [9.17, 15) is 34.5 Å². The van der Waals surface area contributed by atoms with Gasteiger partial charge in [-0.15, -0.1) is 0 Å². The first kappa shape index (κ1) is 65.9. The van der Waals surface area contributed by atoms with Crippen molar-refractivity contribution in [2.75, 3.05) is 13.2 Å². The molecule has 1 heterocycles. The van der Waals surface area contributed by atoms with Crippen molar-refractivity contribution in [2.24, 2.45) is 0 Å². The van der Waals surface area contributed by atoms with Gasteiger partial charge in [0.1, 0.15) is 18.8 Å². The molecule has 0 aromatic rings. The molecule has 73 heavy (non-hydrogen) atoms. The van der Waals surface area contributed by atoms with Gasteiger partial charge in [-0.05, 0) is 116 Å². The van der Waals surface area contributed by atoms with E-state index >= 15 is 0 Å². The Hall–Kier alpha value is -5.14. The summed E-state index contributed by atoms with van der Waals surface area (Å²) in [5, 5.41) is 31.4. The average molecular weight is 1020 g/mol. The number of carbonyl (C=O) groups is 4. The van der Waals surface area contributed by atoms with Crippen LogP contribution in [0.5, 0.6) is 0 Å². The lowest BCUT2D eigenvalue weighted by Crippen LogP contribution is -2.61. The number of allylic oxidation sites excluding steroid dienone is 22. The Bertz CT molecular complexity index is 1780. The SMILES string of the molecule is CC/C=C\C/C=C\C/C=C\C/C=C\CCCCC(=O)OCC(COC1OC(C(=O)O)C(O)C(O)C1OC(=O)CC/C=C\C/C=C\C/C=C\C/C=C\CC)OC(=O)CCCCCCC/C=C\C/C=C\C/C=C\CC. The lowest BCUT2D eigenvalue weighted by atomic mass is 9.98. The summed E-state index contributed by atoms with van der Waals surface area (Å²) >= 11 is 0. The standard InChI is InChI=1S/C61H92O12/c1-4-7-10-13-16-19-22-25-27-30-32-35-38-41-44-47-53(62)69-50-52(71-54(63)48-45-42-39-36-34-31-28-26-23-20-17-14-11-8-5-2)51-70-61-59(57(66)56(65)58(73-61)60(67)68)72-55(64)49-46-43-40-37-33-29-24-21-18-15-12-9-6-3/h7-12,16-21,25-29,32-33,35,40,43,52,56-59,61,65-66H,4-6,13-15,22-24,30-31,34,36-39,41-42,44-51H2,1-3H3,(H,67,68)/b10-7-,11-8-,12-9-,19-16-,20-17-,21-18-,27-25-,28-26-,33-29-,35-32-,43-40-. The number of aliphatic carboxylic acids is 1. The second kappa shape index (κ2) is 47.8. The molecule has 6 unspecified atom stereocenters. The van der Waals surface area contributed by atoms with Crippen LogP contribution in [0.1, 0.15) is 175 Å². The molecule has 0 spiro atoms. The lowest BCUT2D eigenvalue weighted by molar-refractivity contribution is -0.301. The van der Waals surface area contributed by atoms with E-state index in [-0.39, 0.29) is 25.9 Å². The van der Waals surface area contributed by atoms with Crippen molar-refractivity contribution in [3.05, 3.63) is 134 Å². The molecule has 0 bridgehead atoms. The summed E-state index contributed by atoms with van der Waals surface area (Å²) in [4.78, 5) is 50.9. The van der Waals surface area contributed by atoms with Crippen LogP contribution in [-0.4, -0.2) is 89.2 Å². The zero-order valence-corrected chi connectivity index (χ0v) is 44.6. The third kappa shape index (κ3) is 38.2. The molecule has 0 amide bonds. The van der Waals surface area contributed by atoms with E-state index in [0.717, 1.165) is 109 Å². The minimum absolute atomic E-state index is 0.0747. The van der Waals surface area contributed by atoms with E-state index in [1.165, 1.54) is 0 Å². The molecule has 6 atom stereocenters. The first-order chi connectivity index (χ1) is 35.6. The second-order valence-electron chi connectivity index (χ2n) is 17.7. The second-order valence-corrected chi connectivity index (χ2v) is 17.7. The number of aliphatic hydroxyl groups excluding tert-OH is 2. The highest BCUT2D eigenvalue weighted by Crippen LogP contribution is 2.26. The topological polar surface area (TPSA) is 175 Å². The number of hydrogen-bond donors (Lipinski definition) is 3. The number of hydrogen-bond acceptors (Lipinski definition) is 11. The summed E-state index contributed by atoms with van der Waals surface area (Å²) in [6.07, 6.45) is 54.5. The van der Waals surface area contributed by atoms with Crippen LogP contribution in [0.3, 0.4) is 0 Å². The molecule has 408 valence electrons. The Morgan fingerprint density at radius 1 is 0.452 bits per heavy atom. The van der Waals surface area contributed by atoms with E-state index in [1.54, 1.807) is 0 Å². The minimum Gasteiger partial charge on any atom is -0.479 e. The molecule has 0 aliphatic carbocycles. The Labute approximate surface area is 439 Å². The summed E-state index contributed by atoms with van der Waals surface area (Å²) in [6, 6.07) is 0. The number of carboxylic acid groups (broad SMARTS) is 1. The van der Waals surface area contributed by atoms with Gasteiger partial charge in [-0.1, -0.05) is 174 Å². The van der Waals surface area contributed by atoms with Gasteiger partial charge in [-0.3, -0.25) is 14.4 Å². The van der Waals surface area contributed by atoms with Crippen molar-refractivity contribution in [1.82, 2.24) is 0 Å². The van der Waals surface area contributed by atoms with Gasteiger partial charge in [0, 0.05) is 19.3 Å². The monoisotopic (exact) mass is 1020 g/mol. The van der Waals surface area contributed by atoms with Crippen LogP contribution in [0.25, 0.3) is 0 Å². The number of carbonyl (C=O) groups excluding carboxylic acids is 3. The van der Waals surface area contributed by atoms with Gasteiger partial charge >= 0.3 is 23.9 Å². The Morgan fingerprint density at radius 3 is 1.33 bits per heavy atom. The largest absolute Gasteiger partial charge is 0.479 e. The number of carboxylic acids is 1. The fraction of sp³-hybridized carbons (Fsp3) is 0.574. The third-order valence-corrected chi connectivity index (χ3v) is 11.2. The van der Waals surface area contributed by atoms with E-state index in [4.69, 9.17) is 23.7 Å². The molecule has 3 N–H and O–H groups in total. The van der Waals surface area contributed by atoms with Crippen molar-refractivity contribution < 1.29 is 58.2 Å². The molecular weight excluding hydrogens is 925 g/mol. The molecule has 0 aromatic carbocycles. The Morgan fingerprint density at radius 2 is 0.849 bits per heavy atom. The Kier molecular flexibility index (Phi) is 43.2. The number of ether oxygens (including phenoxy) is 5. The molecule has 1 aliphatic heterocycles. The highest BCUT2D eigenvalue weighted by atomic mass is 16.7. The third-order valence-electron chi connectivity index (χ3n) is 11.2. The van der Waals surface area contributed by atoms with Crippen molar-refractivity contribution >= 4 is 23.9 Å². The predicted molar refractivity (Wildman–Crippen MR) is 293 cm³/mol. The molecule has 1 saturated heterocycles. The maximum absolute atomic E-state index is 13.1. The molecule has 12 nitrogen and oxygen atoms in total. The highest BCUT2D eigenvalue weighted by molar-refractivity contribution is 5.74. The molecule has 0 saturated carbocycles. The fourth-order valence-corrected chi connectivity index (χ4v) is 7.15. The zero-order valence-electron chi connectivity index (χ0n) is 44.6. The van der Waals surface area contributed by atoms with E-state index in [0.29, 0.717) is 25.7 Å². The Balaban J connectivity index is 2.81. The molecule has 1 rings (SSSR count). The zero-order chi connectivity index (χ0) is 53.3. The lowest BCUT2D eigenvalue weighted by Gasteiger charge is -2.40. The molecule has 0 aromatic heterocycles. The maximum atomic E-state index is 13.1. The summed E-state index contributed by atoms with van der Waals surface area (Å²) in [5.41, 5.74) is 0. The molecule has 1 fully saturated rings. The van der Waals surface area contributed by atoms with Gasteiger partial charge in [0.15, 0.2) is 24.6 Å². The van der Waals surface area contributed by atoms with Gasteiger partial charge in [0.25, 0.3) is 0 Å². The smallest absolute Gasteiger partial charge is 0.335 e. The predicted octanol–water partition coefficient (Wildman–Crippen LogP) is 13.4. The van der Waals surface area contributed by atoms with Crippen LogP contribution in [0.15, 0.2) is 134 Å². The summed E-state index contributed by atoms with van der Waals surface area (Å²) in [5.74, 6) is -3.33. The van der Waals surface area contributed by atoms with E-state index in [1.807, 2.05) is 18.2 Å². The van der Waals surface area contributed by atoms with Crippen LogP contribution in [0, 0.1) is 0 Å². The van der Waals surface area contributed by atoms with Crippen molar-refractivity contribution in [3.63, 3.8) is 0 Å². The highest BCUT2D eigenvalue weighted by Gasteiger charge is 2.50. The molecule has 1 aliphatic rings. The normalized spacial score (nSPS) is 19.4. The minimum atomic E-state index is -1.94. The summed E-state index contributed by atoms with van der Waals surface area (Å²) < 4.78 is 28.2. The van der Waals surface area contributed by atoms with Crippen molar-refractivity contribution in [1.29, 1.82) is 0 Å². The molecular formula is C61H92O12. The van der Waals surface area contributed by atoms with Crippen molar-refractivity contribution in [2.45, 2.75) is 212 Å². The van der Waals surface area contributed by atoms with Crippen molar-refractivity contribution in [3.8, 4) is 0 Å². The van der Waals surface area contributed by atoms with Crippen LogP contribution in [0.2, 0.25) is 0 Å². The number of rotatable bonds is 43. The first-order valence-electron chi connectivity index (χ1n) is 27.2. The van der Waals surface area contributed by atoms with Gasteiger partial charge < -0.3 is 39.0 Å². The molecule has 12 heteroatoms. The van der Waals surface area contributed by atoms with Gasteiger partial charge in [0.2, 0.25) is 0 Å². The van der Waals surface area contributed by atoms with Gasteiger partial charge in [0.05, 0.1) is 6.61 Å². The van der Waals surface area contributed by atoms with Crippen LogP contribution >= 0.6 is 0 Å². The molecule has 0 radical (unpaired) electrons. The van der Waals surface area contributed by atoms with Gasteiger partial charge in [-0.2, -0.15) is 0 Å². The first-order valence-corrected chi connectivity index (χ1v) is 27.2. The van der Waals surface area contributed by atoms with E-state index < -0.39 is 67.3 Å². The summed E-state index contributed by atoms with van der Waals surface area (Å²) in [6.45, 7) is 5.52. The summed E-state index contributed by atoms with van der Waals surface area (Å²) in [7, 11) is 0. The van der Waals surface area contributed by atoms with Gasteiger partial charge in [-0.25, -0.2) is 4.79 Å². The number of aliphatic hydroxyl groups is 2. The fourth-order valence-electron chi connectivity index (χ4n) is 7.15. The quantitative estimate of drug-likeness (QED) is 0.0228. The number of unbranched alkanes of at least 4 members (excludes halogenated alkanes) is 7. The average Bonchev–Trinajstić information content (AvgIpc) is 3.37. The maximum Gasteiger partial charge on any atom is 0.335 e. The number of esters is 3.